The molecular formula is C23H21Cl2N3O2S. The van der Waals surface area contributed by atoms with E-state index in [1.165, 1.54) is 35.1 Å². The molecule has 0 amide bonds. The zero-order valence-electron chi connectivity index (χ0n) is 17.0. The third-order valence-electron chi connectivity index (χ3n) is 4.81. The standard InChI is InChI=1S/C23H21Cl2N3O2S/c1-2-3-4-5-12-30-18-10-7-15(8-11-18)21-26-23-28(27-21)22(29)20(31-23)13-16-6-9-17(24)14-19(16)25/h6-11,13-14H,2-5,12H2,1H3/b20-13-. The van der Waals surface area contributed by atoms with E-state index in [0.29, 0.717) is 32.0 Å². The van der Waals surface area contributed by atoms with Crippen molar-refractivity contribution in [1.82, 2.24) is 14.6 Å². The van der Waals surface area contributed by atoms with Gasteiger partial charge in [0.1, 0.15) is 5.75 Å². The molecule has 0 fully saturated rings. The summed E-state index contributed by atoms with van der Waals surface area (Å²) in [5, 5.41) is 5.43. The highest BCUT2D eigenvalue weighted by Gasteiger charge is 2.12. The largest absolute Gasteiger partial charge is 0.494 e. The lowest BCUT2D eigenvalue weighted by Crippen LogP contribution is -2.23. The molecule has 0 saturated heterocycles. The number of fused-ring (bicyclic) bond motifs is 1. The predicted octanol–water partition coefficient (Wildman–Crippen LogP) is 5.63. The normalized spacial score (nSPS) is 12.0. The molecule has 0 bridgehead atoms. The minimum absolute atomic E-state index is 0.225. The number of aromatic nitrogens is 3. The number of hydrogen-bond donors (Lipinski definition) is 0. The quantitative estimate of drug-likeness (QED) is 0.311. The van der Waals surface area contributed by atoms with Crippen molar-refractivity contribution in [1.29, 1.82) is 0 Å². The molecule has 0 saturated carbocycles. The maximum Gasteiger partial charge on any atom is 0.291 e. The van der Waals surface area contributed by atoms with Crippen molar-refractivity contribution in [2.24, 2.45) is 0 Å². The molecule has 160 valence electrons. The summed E-state index contributed by atoms with van der Waals surface area (Å²) in [4.78, 5) is 17.8. The van der Waals surface area contributed by atoms with Crippen LogP contribution in [-0.2, 0) is 0 Å². The first-order chi connectivity index (χ1) is 15.0. The molecule has 0 aliphatic rings. The number of nitrogens with zero attached hydrogens (tertiary/aromatic N) is 3. The van der Waals surface area contributed by atoms with Gasteiger partial charge < -0.3 is 4.74 Å². The zero-order chi connectivity index (χ0) is 21.8. The molecule has 0 spiro atoms. The Balaban J connectivity index is 1.53. The van der Waals surface area contributed by atoms with E-state index in [-0.39, 0.29) is 5.56 Å². The van der Waals surface area contributed by atoms with Crippen LogP contribution in [0.3, 0.4) is 0 Å². The number of ether oxygens (including phenoxy) is 1. The van der Waals surface area contributed by atoms with Crippen molar-refractivity contribution in [2.45, 2.75) is 32.6 Å². The summed E-state index contributed by atoms with van der Waals surface area (Å²) < 4.78 is 7.62. The van der Waals surface area contributed by atoms with E-state index in [9.17, 15) is 4.79 Å². The fourth-order valence-electron chi connectivity index (χ4n) is 3.13. The number of thiazole rings is 1. The first-order valence-corrected chi connectivity index (χ1v) is 11.7. The number of benzene rings is 2. The maximum absolute atomic E-state index is 12.8. The van der Waals surface area contributed by atoms with Gasteiger partial charge in [-0.2, -0.15) is 9.50 Å². The van der Waals surface area contributed by atoms with Crippen LogP contribution in [0.2, 0.25) is 10.0 Å². The lowest BCUT2D eigenvalue weighted by atomic mass is 10.2. The van der Waals surface area contributed by atoms with Gasteiger partial charge in [0.15, 0.2) is 5.82 Å². The predicted molar refractivity (Wildman–Crippen MR) is 127 cm³/mol. The molecule has 4 rings (SSSR count). The van der Waals surface area contributed by atoms with Crippen LogP contribution in [0.25, 0.3) is 22.4 Å². The molecule has 4 aromatic rings. The molecule has 0 aliphatic heterocycles. The lowest BCUT2D eigenvalue weighted by Gasteiger charge is -2.06. The van der Waals surface area contributed by atoms with Gasteiger partial charge in [0.2, 0.25) is 4.96 Å². The SMILES string of the molecule is CCCCCCOc1ccc(-c2nc3s/c(=C\c4ccc(Cl)cc4Cl)c(=O)n3n2)cc1. The van der Waals surface area contributed by atoms with Gasteiger partial charge in [-0.15, -0.1) is 5.10 Å². The number of halogens is 2. The molecule has 5 nitrogen and oxygen atoms in total. The molecule has 0 atom stereocenters. The molecule has 0 radical (unpaired) electrons. The number of unbranched alkanes of at least 4 members (excludes halogenated alkanes) is 3. The second kappa shape index (κ2) is 9.81. The van der Waals surface area contributed by atoms with E-state index in [2.05, 4.69) is 17.0 Å². The first-order valence-electron chi connectivity index (χ1n) is 10.1. The van der Waals surface area contributed by atoms with E-state index < -0.39 is 0 Å². The molecule has 0 unspecified atom stereocenters. The molecular weight excluding hydrogens is 453 g/mol. The van der Waals surface area contributed by atoms with E-state index >= 15 is 0 Å². The van der Waals surface area contributed by atoms with Crippen LogP contribution in [0.4, 0.5) is 0 Å². The summed E-state index contributed by atoms with van der Waals surface area (Å²) >= 11 is 13.4. The van der Waals surface area contributed by atoms with Gasteiger partial charge in [0.25, 0.3) is 5.56 Å². The summed E-state index contributed by atoms with van der Waals surface area (Å²) in [6, 6.07) is 12.8. The van der Waals surface area contributed by atoms with Crippen LogP contribution in [0.5, 0.6) is 5.75 Å². The molecule has 2 aromatic carbocycles. The average Bonchev–Trinajstić information content (AvgIpc) is 3.30. The Kier molecular flexibility index (Phi) is 6.90. The Bertz CT molecular complexity index is 1300. The van der Waals surface area contributed by atoms with Crippen LogP contribution >= 0.6 is 34.5 Å². The lowest BCUT2D eigenvalue weighted by molar-refractivity contribution is 0.305. The Hall–Kier alpha value is -2.41. The number of hydrogen-bond acceptors (Lipinski definition) is 5. The Morgan fingerprint density at radius 3 is 2.61 bits per heavy atom. The van der Waals surface area contributed by atoms with Gasteiger partial charge in [0, 0.05) is 15.6 Å². The fourth-order valence-corrected chi connectivity index (χ4v) is 4.50. The summed E-state index contributed by atoms with van der Waals surface area (Å²) in [5.41, 5.74) is 1.33. The molecule has 0 aliphatic carbocycles. The third-order valence-corrected chi connectivity index (χ3v) is 6.33. The fraction of sp³-hybridized carbons (Fsp3) is 0.261. The molecule has 2 aromatic heterocycles. The average molecular weight is 474 g/mol. The third kappa shape index (κ3) is 5.09. The van der Waals surface area contributed by atoms with Crippen molar-refractivity contribution in [3.05, 3.63) is 73.0 Å². The van der Waals surface area contributed by atoms with Gasteiger partial charge >= 0.3 is 0 Å². The van der Waals surface area contributed by atoms with Gasteiger partial charge in [-0.1, -0.05) is 66.8 Å². The van der Waals surface area contributed by atoms with E-state index in [1.54, 1.807) is 24.3 Å². The Morgan fingerprint density at radius 1 is 1.10 bits per heavy atom. The Labute approximate surface area is 193 Å². The highest BCUT2D eigenvalue weighted by molar-refractivity contribution is 7.15. The summed E-state index contributed by atoms with van der Waals surface area (Å²) in [6.45, 7) is 2.91. The molecule has 2 heterocycles. The minimum Gasteiger partial charge on any atom is -0.494 e. The summed E-state index contributed by atoms with van der Waals surface area (Å²) in [7, 11) is 0. The molecule has 31 heavy (non-hydrogen) atoms. The maximum atomic E-state index is 12.8. The van der Waals surface area contributed by atoms with Gasteiger partial charge in [-0.05, 0) is 54.5 Å². The summed E-state index contributed by atoms with van der Waals surface area (Å²) in [6.07, 6.45) is 6.42. The van der Waals surface area contributed by atoms with Crippen LogP contribution in [0.1, 0.15) is 38.2 Å². The van der Waals surface area contributed by atoms with Crippen LogP contribution in [0, 0.1) is 0 Å². The molecule has 0 N–H and O–H groups in total. The monoisotopic (exact) mass is 473 g/mol. The van der Waals surface area contributed by atoms with Crippen molar-refractivity contribution in [3.63, 3.8) is 0 Å². The van der Waals surface area contributed by atoms with Gasteiger partial charge in [0.05, 0.1) is 11.1 Å². The van der Waals surface area contributed by atoms with Crippen LogP contribution in [0.15, 0.2) is 47.3 Å². The van der Waals surface area contributed by atoms with Crippen molar-refractivity contribution >= 4 is 45.6 Å². The van der Waals surface area contributed by atoms with Crippen LogP contribution in [-0.4, -0.2) is 21.2 Å². The summed E-state index contributed by atoms with van der Waals surface area (Å²) in [5.74, 6) is 1.33. The topological polar surface area (TPSA) is 56.5 Å². The zero-order valence-corrected chi connectivity index (χ0v) is 19.3. The minimum atomic E-state index is -0.225. The van der Waals surface area contributed by atoms with E-state index in [0.717, 1.165) is 23.3 Å². The second-order valence-electron chi connectivity index (χ2n) is 7.14. The van der Waals surface area contributed by atoms with Crippen molar-refractivity contribution in [3.8, 4) is 17.1 Å². The van der Waals surface area contributed by atoms with Crippen molar-refractivity contribution < 1.29 is 4.74 Å². The second-order valence-corrected chi connectivity index (χ2v) is 9.00. The van der Waals surface area contributed by atoms with Crippen LogP contribution < -0.4 is 14.8 Å². The number of rotatable bonds is 8. The van der Waals surface area contributed by atoms with Crippen molar-refractivity contribution in [2.75, 3.05) is 6.61 Å². The molecule has 8 heteroatoms. The Morgan fingerprint density at radius 2 is 1.90 bits per heavy atom. The van der Waals surface area contributed by atoms with E-state index in [1.807, 2.05) is 24.3 Å². The van der Waals surface area contributed by atoms with Gasteiger partial charge in [-0.3, -0.25) is 4.79 Å². The highest BCUT2D eigenvalue weighted by atomic mass is 35.5. The smallest absolute Gasteiger partial charge is 0.291 e. The first kappa shape index (κ1) is 21.8. The highest BCUT2D eigenvalue weighted by Crippen LogP contribution is 2.22. The van der Waals surface area contributed by atoms with Gasteiger partial charge in [-0.25, -0.2) is 0 Å². The van der Waals surface area contributed by atoms with E-state index in [4.69, 9.17) is 27.9 Å².